The molecule has 0 aliphatic rings. The number of nitrogens with one attached hydrogen (secondary N) is 1. The maximum absolute atomic E-state index is 12.3. The molecule has 0 radical (unpaired) electrons. The number of methoxy groups -OCH3 is 2. The second-order valence-corrected chi connectivity index (χ2v) is 5.20. The Labute approximate surface area is 136 Å². The van der Waals surface area contributed by atoms with Crippen molar-refractivity contribution in [1.29, 1.82) is 0 Å². The fraction of sp³-hybridized carbons (Fsp3) is 0.412. The van der Waals surface area contributed by atoms with Crippen molar-refractivity contribution in [3.8, 4) is 11.5 Å². The number of anilines is 1. The Balaban J connectivity index is 2.06. The standard InChI is InChI=1S/C17H23N3O3/c1-4-5-10-20-16(8-9-18-20)19-17(21)12-13-11-14(22-2)6-7-15(13)23-3/h6-9,11H,4-5,10,12H2,1-3H3,(H,19,21). The summed E-state index contributed by atoms with van der Waals surface area (Å²) in [5, 5.41) is 7.13. The molecule has 2 aromatic rings. The van der Waals surface area contributed by atoms with Gasteiger partial charge in [0.2, 0.25) is 5.91 Å². The third kappa shape index (κ3) is 4.48. The minimum atomic E-state index is -0.116. The van der Waals surface area contributed by atoms with Gasteiger partial charge in [-0.25, -0.2) is 4.68 Å². The number of aromatic nitrogens is 2. The highest BCUT2D eigenvalue weighted by Gasteiger charge is 2.12. The van der Waals surface area contributed by atoms with Gasteiger partial charge in [-0.2, -0.15) is 5.10 Å². The zero-order valence-electron chi connectivity index (χ0n) is 13.8. The highest BCUT2D eigenvalue weighted by atomic mass is 16.5. The molecule has 1 aromatic carbocycles. The number of benzene rings is 1. The Morgan fingerprint density at radius 2 is 2.09 bits per heavy atom. The summed E-state index contributed by atoms with van der Waals surface area (Å²) in [7, 11) is 3.18. The third-order valence-electron chi connectivity index (χ3n) is 3.55. The molecule has 0 aliphatic carbocycles. The van der Waals surface area contributed by atoms with Crippen LogP contribution in [0.3, 0.4) is 0 Å². The van der Waals surface area contributed by atoms with Crippen LogP contribution in [0.1, 0.15) is 25.3 Å². The van der Waals surface area contributed by atoms with Gasteiger partial charge < -0.3 is 14.8 Å². The van der Waals surface area contributed by atoms with E-state index in [0.29, 0.717) is 17.3 Å². The van der Waals surface area contributed by atoms with Crippen molar-refractivity contribution in [3.63, 3.8) is 0 Å². The SMILES string of the molecule is CCCCn1nccc1NC(=O)Cc1cc(OC)ccc1OC. The van der Waals surface area contributed by atoms with Crippen LogP contribution in [-0.2, 0) is 17.8 Å². The van der Waals surface area contributed by atoms with Crippen LogP contribution in [0.25, 0.3) is 0 Å². The molecule has 0 saturated heterocycles. The van der Waals surface area contributed by atoms with E-state index in [4.69, 9.17) is 9.47 Å². The molecule has 0 unspecified atom stereocenters. The lowest BCUT2D eigenvalue weighted by atomic mass is 10.1. The number of carbonyl (C=O) groups excluding carboxylic acids is 1. The van der Waals surface area contributed by atoms with E-state index >= 15 is 0 Å². The van der Waals surface area contributed by atoms with Gasteiger partial charge in [0.05, 0.1) is 26.8 Å². The van der Waals surface area contributed by atoms with Gasteiger partial charge in [0, 0.05) is 18.2 Å². The van der Waals surface area contributed by atoms with Crippen LogP contribution < -0.4 is 14.8 Å². The summed E-state index contributed by atoms with van der Waals surface area (Å²) >= 11 is 0. The number of aryl methyl sites for hydroxylation is 1. The van der Waals surface area contributed by atoms with Crippen LogP contribution in [0, 0.1) is 0 Å². The molecule has 1 amide bonds. The van der Waals surface area contributed by atoms with Crippen molar-refractivity contribution in [3.05, 3.63) is 36.0 Å². The van der Waals surface area contributed by atoms with Crippen molar-refractivity contribution >= 4 is 11.7 Å². The zero-order valence-corrected chi connectivity index (χ0v) is 13.8. The Morgan fingerprint density at radius 1 is 1.26 bits per heavy atom. The third-order valence-corrected chi connectivity index (χ3v) is 3.55. The predicted molar refractivity (Wildman–Crippen MR) is 89.0 cm³/mol. The van der Waals surface area contributed by atoms with Crippen LogP contribution in [0.15, 0.2) is 30.5 Å². The molecular weight excluding hydrogens is 294 g/mol. The van der Waals surface area contributed by atoms with E-state index in [1.165, 1.54) is 0 Å². The molecular formula is C17H23N3O3. The number of nitrogens with zero attached hydrogens (tertiary/aromatic N) is 2. The van der Waals surface area contributed by atoms with Crippen molar-refractivity contribution in [2.24, 2.45) is 0 Å². The van der Waals surface area contributed by atoms with E-state index < -0.39 is 0 Å². The van der Waals surface area contributed by atoms with E-state index in [2.05, 4.69) is 17.3 Å². The van der Waals surface area contributed by atoms with Crippen LogP contribution in [0.4, 0.5) is 5.82 Å². The molecule has 0 atom stereocenters. The summed E-state index contributed by atoms with van der Waals surface area (Å²) in [6, 6.07) is 7.22. The van der Waals surface area contributed by atoms with Gasteiger partial charge in [0.15, 0.2) is 0 Å². The second kappa shape index (κ2) is 8.22. The highest BCUT2D eigenvalue weighted by Crippen LogP contribution is 2.24. The first kappa shape index (κ1) is 16.9. The van der Waals surface area contributed by atoms with Gasteiger partial charge in [-0.1, -0.05) is 13.3 Å². The molecule has 0 saturated carbocycles. The minimum Gasteiger partial charge on any atom is -0.497 e. The maximum Gasteiger partial charge on any atom is 0.230 e. The second-order valence-electron chi connectivity index (χ2n) is 5.20. The molecule has 0 fully saturated rings. The van der Waals surface area contributed by atoms with Crippen LogP contribution in [-0.4, -0.2) is 29.9 Å². The van der Waals surface area contributed by atoms with E-state index in [1.807, 2.05) is 10.7 Å². The Kier molecular flexibility index (Phi) is 6.02. The molecule has 6 heteroatoms. The molecule has 23 heavy (non-hydrogen) atoms. The number of ether oxygens (including phenoxy) is 2. The smallest absolute Gasteiger partial charge is 0.230 e. The van der Waals surface area contributed by atoms with E-state index in [9.17, 15) is 4.79 Å². The van der Waals surface area contributed by atoms with Gasteiger partial charge in [-0.3, -0.25) is 4.79 Å². The van der Waals surface area contributed by atoms with Gasteiger partial charge in [0.1, 0.15) is 17.3 Å². The lowest BCUT2D eigenvalue weighted by Crippen LogP contribution is -2.18. The molecule has 0 aliphatic heterocycles. The average molecular weight is 317 g/mol. The first-order valence-corrected chi connectivity index (χ1v) is 7.70. The summed E-state index contributed by atoms with van der Waals surface area (Å²) in [6.45, 7) is 2.92. The number of carbonyl (C=O) groups is 1. The summed E-state index contributed by atoms with van der Waals surface area (Å²) in [4.78, 5) is 12.3. The molecule has 0 bridgehead atoms. The first-order chi connectivity index (χ1) is 11.2. The lowest BCUT2D eigenvalue weighted by Gasteiger charge is -2.11. The number of unbranched alkanes of at least 4 members (excludes halogenated alkanes) is 1. The van der Waals surface area contributed by atoms with Gasteiger partial charge in [0.25, 0.3) is 0 Å². The number of hydrogen-bond acceptors (Lipinski definition) is 4. The van der Waals surface area contributed by atoms with Crippen molar-refractivity contribution in [2.45, 2.75) is 32.7 Å². The molecule has 1 heterocycles. The summed E-state index contributed by atoms with van der Waals surface area (Å²) in [5.41, 5.74) is 0.781. The summed E-state index contributed by atoms with van der Waals surface area (Å²) in [6.07, 6.45) is 4.00. The van der Waals surface area contributed by atoms with Crippen molar-refractivity contribution in [2.75, 3.05) is 19.5 Å². The largest absolute Gasteiger partial charge is 0.497 e. The van der Waals surface area contributed by atoms with Crippen LogP contribution in [0.5, 0.6) is 11.5 Å². The predicted octanol–water partition coefficient (Wildman–Crippen LogP) is 2.88. The Bertz CT molecular complexity index is 652. The molecule has 2 rings (SSSR count). The highest BCUT2D eigenvalue weighted by molar-refractivity contribution is 5.91. The Morgan fingerprint density at radius 3 is 2.78 bits per heavy atom. The fourth-order valence-corrected chi connectivity index (χ4v) is 2.30. The van der Waals surface area contributed by atoms with Gasteiger partial charge in [-0.15, -0.1) is 0 Å². The monoisotopic (exact) mass is 317 g/mol. The number of rotatable bonds is 8. The quantitative estimate of drug-likeness (QED) is 0.813. The molecule has 6 nitrogen and oxygen atoms in total. The molecule has 0 spiro atoms. The van der Waals surface area contributed by atoms with Gasteiger partial charge in [-0.05, 0) is 24.6 Å². The number of amides is 1. The molecule has 124 valence electrons. The summed E-state index contributed by atoms with van der Waals surface area (Å²) in [5.74, 6) is 1.96. The van der Waals surface area contributed by atoms with Crippen molar-refractivity contribution < 1.29 is 14.3 Å². The Hall–Kier alpha value is -2.50. The normalized spacial score (nSPS) is 10.4. The molecule has 1 N–H and O–H groups in total. The van der Waals surface area contributed by atoms with Crippen LogP contribution in [0.2, 0.25) is 0 Å². The van der Waals surface area contributed by atoms with Crippen molar-refractivity contribution in [1.82, 2.24) is 9.78 Å². The first-order valence-electron chi connectivity index (χ1n) is 7.70. The lowest BCUT2D eigenvalue weighted by molar-refractivity contribution is -0.115. The average Bonchev–Trinajstić information content (AvgIpc) is 2.99. The van der Waals surface area contributed by atoms with E-state index in [1.54, 1.807) is 38.6 Å². The maximum atomic E-state index is 12.3. The van der Waals surface area contributed by atoms with E-state index in [-0.39, 0.29) is 12.3 Å². The fourth-order valence-electron chi connectivity index (χ4n) is 2.30. The van der Waals surface area contributed by atoms with Gasteiger partial charge >= 0.3 is 0 Å². The zero-order chi connectivity index (χ0) is 16.7. The molecule has 1 aromatic heterocycles. The summed E-state index contributed by atoms with van der Waals surface area (Å²) < 4.78 is 12.3. The minimum absolute atomic E-state index is 0.116. The van der Waals surface area contributed by atoms with E-state index in [0.717, 1.165) is 24.9 Å². The number of hydrogen-bond donors (Lipinski definition) is 1. The topological polar surface area (TPSA) is 65.4 Å². The van der Waals surface area contributed by atoms with Crippen LogP contribution >= 0.6 is 0 Å².